The molecule has 1 aromatic heterocycles. The molecular formula is C27H28ClN7O. The highest BCUT2D eigenvalue weighted by Gasteiger charge is 2.11. The Morgan fingerprint density at radius 1 is 0.694 bits per heavy atom. The number of hydrogen-bond donors (Lipinski definition) is 4. The number of rotatable bonds is 8. The van der Waals surface area contributed by atoms with Crippen LogP contribution >= 0.6 is 11.6 Å². The van der Waals surface area contributed by atoms with Gasteiger partial charge in [0.25, 0.3) is 0 Å². The first-order valence-corrected chi connectivity index (χ1v) is 11.9. The van der Waals surface area contributed by atoms with Crippen LogP contribution in [0.1, 0.15) is 22.3 Å². The highest BCUT2D eigenvalue weighted by molar-refractivity contribution is 6.30. The molecule has 184 valence electrons. The number of carbonyl (C=O) groups is 1. The molecule has 1 amide bonds. The first-order valence-electron chi connectivity index (χ1n) is 11.5. The van der Waals surface area contributed by atoms with Gasteiger partial charge in [0.1, 0.15) is 0 Å². The van der Waals surface area contributed by atoms with Crippen molar-refractivity contribution < 1.29 is 4.79 Å². The van der Waals surface area contributed by atoms with Crippen LogP contribution in [-0.2, 0) is 4.79 Å². The third kappa shape index (κ3) is 7.16. The van der Waals surface area contributed by atoms with Gasteiger partial charge in [0.2, 0.25) is 23.8 Å². The van der Waals surface area contributed by atoms with Crippen LogP contribution in [0.25, 0.3) is 0 Å². The number of aromatic nitrogens is 3. The van der Waals surface area contributed by atoms with E-state index >= 15 is 0 Å². The summed E-state index contributed by atoms with van der Waals surface area (Å²) in [5.41, 5.74) is 6.82. The quantitative estimate of drug-likeness (QED) is 0.225. The molecule has 3 aromatic carbocycles. The Bertz CT molecular complexity index is 1290. The normalized spacial score (nSPS) is 10.6. The molecular weight excluding hydrogens is 474 g/mol. The molecule has 8 nitrogen and oxygen atoms in total. The highest BCUT2D eigenvalue weighted by atomic mass is 35.5. The molecule has 0 aliphatic rings. The molecule has 4 aromatic rings. The van der Waals surface area contributed by atoms with E-state index < -0.39 is 0 Å². The van der Waals surface area contributed by atoms with Crippen molar-refractivity contribution in [2.24, 2.45) is 0 Å². The van der Waals surface area contributed by atoms with Crippen molar-refractivity contribution in [2.45, 2.75) is 27.7 Å². The number of nitrogens with zero attached hydrogens (tertiary/aromatic N) is 3. The van der Waals surface area contributed by atoms with E-state index in [4.69, 9.17) is 11.6 Å². The summed E-state index contributed by atoms with van der Waals surface area (Å²) in [4.78, 5) is 26.0. The third-order valence-corrected chi connectivity index (χ3v) is 5.34. The van der Waals surface area contributed by atoms with E-state index in [1.165, 1.54) is 0 Å². The number of carbonyl (C=O) groups excluding carboxylic acids is 1. The number of nitrogens with one attached hydrogen (secondary N) is 4. The zero-order chi connectivity index (χ0) is 25.7. The van der Waals surface area contributed by atoms with Crippen LogP contribution in [0, 0.1) is 27.7 Å². The summed E-state index contributed by atoms with van der Waals surface area (Å²) < 4.78 is 0. The van der Waals surface area contributed by atoms with E-state index in [0.717, 1.165) is 33.6 Å². The Balaban J connectivity index is 1.56. The summed E-state index contributed by atoms with van der Waals surface area (Å²) >= 11 is 6.00. The monoisotopic (exact) mass is 501 g/mol. The first kappa shape index (κ1) is 24.9. The Hall–Kier alpha value is -4.17. The molecule has 1 heterocycles. The van der Waals surface area contributed by atoms with Crippen molar-refractivity contribution in [1.82, 2.24) is 15.0 Å². The predicted octanol–water partition coefficient (Wildman–Crippen LogP) is 6.30. The molecule has 0 saturated carbocycles. The molecule has 4 rings (SSSR count). The van der Waals surface area contributed by atoms with E-state index in [1.807, 2.05) is 52.0 Å². The minimum atomic E-state index is -0.259. The fourth-order valence-electron chi connectivity index (χ4n) is 3.85. The molecule has 0 fully saturated rings. The number of anilines is 6. The maximum absolute atomic E-state index is 12.5. The summed E-state index contributed by atoms with van der Waals surface area (Å²) in [6, 6.07) is 19.2. The van der Waals surface area contributed by atoms with Gasteiger partial charge in [0.05, 0.1) is 6.54 Å². The number of halogens is 1. The van der Waals surface area contributed by atoms with Gasteiger partial charge >= 0.3 is 0 Å². The van der Waals surface area contributed by atoms with Crippen LogP contribution in [0.4, 0.5) is 34.9 Å². The van der Waals surface area contributed by atoms with E-state index in [2.05, 4.69) is 48.4 Å². The summed E-state index contributed by atoms with van der Waals surface area (Å²) in [6.07, 6.45) is 0. The minimum Gasteiger partial charge on any atom is -0.345 e. The van der Waals surface area contributed by atoms with Gasteiger partial charge in [-0.1, -0.05) is 29.8 Å². The van der Waals surface area contributed by atoms with E-state index in [0.29, 0.717) is 22.6 Å². The SMILES string of the molecule is Cc1cc(C)cc(Nc2nc(NCC(=O)Nc3cccc(Cl)c3)nc(Nc3cc(C)cc(C)c3)n2)c1. The number of aryl methyl sites for hydroxylation is 4. The second-order valence-electron chi connectivity index (χ2n) is 8.72. The molecule has 0 spiro atoms. The zero-order valence-corrected chi connectivity index (χ0v) is 21.4. The molecule has 4 N–H and O–H groups in total. The van der Waals surface area contributed by atoms with Gasteiger partial charge < -0.3 is 21.3 Å². The molecule has 9 heteroatoms. The Morgan fingerprint density at radius 3 is 1.69 bits per heavy atom. The Morgan fingerprint density at radius 2 is 1.19 bits per heavy atom. The van der Waals surface area contributed by atoms with Gasteiger partial charge in [-0.3, -0.25) is 4.79 Å². The van der Waals surface area contributed by atoms with Gasteiger partial charge in [0.15, 0.2) is 0 Å². The van der Waals surface area contributed by atoms with Gasteiger partial charge in [-0.15, -0.1) is 0 Å². The topological polar surface area (TPSA) is 104 Å². The smallest absolute Gasteiger partial charge is 0.243 e. The van der Waals surface area contributed by atoms with Crippen LogP contribution in [0.2, 0.25) is 5.02 Å². The molecule has 0 aliphatic carbocycles. The number of hydrogen-bond acceptors (Lipinski definition) is 7. The van der Waals surface area contributed by atoms with Gasteiger partial charge in [-0.25, -0.2) is 0 Å². The second-order valence-corrected chi connectivity index (χ2v) is 9.16. The fourth-order valence-corrected chi connectivity index (χ4v) is 4.04. The third-order valence-electron chi connectivity index (χ3n) is 5.11. The standard InChI is InChI=1S/C27H28ClN7O/c1-16-8-17(2)11-22(10-16)31-26-33-25(29-15-24(36)30-21-7-5-6-20(28)14-21)34-27(35-26)32-23-12-18(3)9-19(4)13-23/h5-14H,15H2,1-4H3,(H,30,36)(H3,29,31,32,33,34,35). The largest absolute Gasteiger partial charge is 0.345 e. The maximum atomic E-state index is 12.5. The molecule has 0 atom stereocenters. The average molecular weight is 502 g/mol. The van der Waals surface area contributed by atoms with Crippen molar-refractivity contribution in [3.8, 4) is 0 Å². The zero-order valence-electron chi connectivity index (χ0n) is 20.6. The summed E-state index contributed by atoms with van der Waals surface area (Å²) in [7, 11) is 0. The van der Waals surface area contributed by atoms with Crippen molar-refractivity contribution in [1.29, 1.82) is 0 Å². The summed E-state index contributed by atoms with van der Waals surface area (Å²) in [5.74, 6) is 0.689. The van der Waals surface area contributed by atoms with Crippen molar-refractivity contribution in [2.75, 3.05) is 27.8 Å². The van der Waals surface area contributed by atoms with E-state index in [9.17, 15) is 4.79 Å². The molecule has 0 aliphatic heterocycles. The fraction of sp³-hybridized carbons (Fsp3) is 0.185. The van der Waals surface area contributed by atoms with Crippen molar-refractivity contribution >= 4 is 52.4 Å². The van der Waals surface area contributed by atoms with Crippen LogP contribution in [0.3, 0.4) is 0 Å². The van der Waals surface area contributed by atoms with Crippen LogP contribution in [0.15, 0.2) is 60.7 Å². The van der Waals surface area contributed by atoms with Gasteiger partial charge in [-0.05, 0) is 92.4 Å². The molecule has 0 unspecified atom stereocenters. The molecule has 0 radical (unpaired) electrons. The van der Waals surface area contributed by atoms with Gasteiger partial charge in [-0.2, -0.15) is 15.0 Å². The van der Waals surface area contributed by atoms with E-state index in [1.54, 1.807) is 24.3 Å². The number of benzene rings is 3. The molecule has 36 heavy (non-hydrogen) atoms. The predicted molar refractivity (Wildman–Crippen MR) is 147 cm³/mol. The van der Waals surface area contributed by atoms with Crippen molar-refractivity contribution in [3.05, 3.63) is 87.9 Å². The molecule has 0 bridgehead atoms. The maximum Gasteiger partial charge on any atom is 0.243 e. The Kier molecular flexibility index (Phi) is 7.65. The van der Waals surface area contributed by atoms with Crippen LogP contribution in [-0.4, -0.2) is 27.4 Å². The van der Waals surface area contributed by atoms with E-state index in [-0.39, 0.29) is 18.4 Å². The Labute approximate surface area is 215 Å². The van der Waals surface area contributed by atoms with Crippen molar-refractivity contribution in [3.63, 3.8) is 0 Å². The van der Waals surface area contributed by atoms with Crippen LogP contribution in [0.5, 0.6) is 0 Å². The summed E-state index contributed by atoms with van der Waals surface area (Å²) in [5, 5.41) is 12.8. The molecule has 0 saturated heterocycles. The highest BCUT2D eigenvalue weighted by Crippen LogP contribution is 2.22. The lowest BCUT2D eigenvalue weighted by atomic mass is 10.1. The minimum absolute atomic E-state index is 0.0392. The summed E-state index contributed by atoms with van der Waals surface area (Å²) in [6.45, 7) is 8.09. The lowest BCUT2D eigenvalue weighted by molar-refractivity contribution is -0.114. The van der Waals surface area contributed by atoms with Gasteiger partial charge in [0, 0.05) is 22.1 Å². The lowest BCUT2D eigenvalue weighted by Crippen LogP contribution is -2.23. The lowest BCUT2D eigenvalue weighted by Gasteiger charge is -2.13. The van der Waals surface area contributed by atoms with Crippen LogP contribution < -0.4 is 21.3 Å². The second kappa shape index (κ2) is 11.0. The average Bonchev–Trinajstić information content (AvgIpc) is 2.76. The first-order chi connectivity index (χ1) is 17.2. The number of amides is 1.